The van der Waals surface area contributed by atoms with Crippen LogP contribution in [0.15, 0.2) is 352 Å². The van der Waals surface area contributed by atoms with Crippen molar-refractivity contribution < 1.29 is 19.3 Å². The normalized spacial score (nSPS) is 17.9. The van der Waals surface area contributed by atoms with Gasteiger partial charge in [0.1, 0.15) is 17.2 Å². The van der Waals surface area contributed by atoms with Gasteiger partial charge in [-0.1, -0.05) is 314 Å². The Morgan fingerprint density at radius 1 is 0.254 bits per heavy atom. The summed E-state index contributed by atoms with van der Waals surface area (Å²) in [5.41, 5.74) is 16.1. The van der Waals surface area contributed by atoms with Crippen LogP contribution in [0.1, 0.15) is 140 Å². The molecule has 0 amide bonds. The third kappa shape index (κ3) is 14.9. The Hall–Kier alpha value is -12.7. The molecule has 4 aliphatic rings. The standard InChI is InChI=1S/C107H93N3O4/c1-112-98-65-59-95(60-66-98)105(89-31-10-4-11-32-89,90-33-12-5-13-34-90)108-71-24-28-82-45-53-86(54-46-82)102-75-101(85-51-43-81(44-52-85)27-22-23-74-111)76-103(78-102,87-55-47-83(48-56-87)29-25-72-109-106(91-35-14-6-15-36-91,92-37-16-7-17-38-92)96-61-67-99(113-2)68-62-96)80-104(77-101,79-102)88-57-49-84(50-58-88)30-26-73-110-107(93-39-18-8-19-40-93,94-41-20-9-21-42-94)97-63-69-100(114-3)70-64-97/h4-21,31-70,108-111H,23,71-80H2,1-3H3. The van der Waals surface area contributed by atoms with Gasteiger partial charge >= 0.3 is 0 Å². The van der Waals surface area contributed by atoms with E-state index in [1.807, 2.05) is 36.4 Å². The zero-order chi connectivity index (χ0) is 77.7. The van der Waals surface area contributed by atoms with Crippen LogP contribution >= 0.6 is 0 Å². The van der Waals surface area contributed by atoms with E-state index in [-0.39, 0.29) is 28.3 Å². The molecule has 4 N–H and O–H groups in total. The zero-order valence-corrected chi connectivity index (χ0v) is 64.9. The third-order valence-electron chi connectivity index (χ3n) is 24.4. The van der Waals surface area contributed by atoms with E-state index in [0.717, 1.165) is 128 Å². The van der Waals surface area contributed by atoms with Crippen LogP contribution in [-0.2, 0) is 38.3 Å². The van der Waals surface area contributed by atoms with Crippen molar-refractivity contribution in [3.05, 3.63) is 446 Å². The maximum absolute atomic E-state index is 9.73. The van der Waals surface area contributed by atoms with Crippen LogP contribution in [-0.4, -0.2) is 52.7 Å². The lowest BCUT2D eigenvalue weighted by molar-refractivity contribution is -0.0691. The molecule has 114 heavy (non-hydrogen) atoms. The Morgan fingerprint density at radius 3 is 0.640 bits per heavy atom. The van der Waals surface area contributed by atoms with Gasteiger partial charge < -0.3 is 19.3 Å². The summed E-state index contributed by atoms with van der Waals surface area (Å²) in [6.45, 7) is 1.29. The number of nitrogens with one attached hydrogen (secondary N) is 3. The summed E-state index contributed by atoms with van der Waals surface area (Å²) in [6, 6.07) is 126. The summed E-state index contributed by atoms with van der Waals surface area (Å²) >= 11 is 0. The molecular weight excluding hydrogens is 1390 g/mol. The molecule has 13 aromatic rings. The summed E-state index contributed by atoms with van der Waals surface area (Å²) in [6.07, 6.45) is 6.34. The van der Waals surface area contributed by atoms with Gasteiger partial charge in [0.05, 0.1) is 64.2 Å². The molecule has 0 heterocycles. The first-order chi connectivity index (χ1) is 56.1. The van der Waals surface area contributed by atoms with Crippen LogP contribution in [0.3, 0.4) is 0 Å². The van der Waals surface area contributed by atoms with Crippen molar-refractivity contribution in [1.29, 1.82) is 0 Å². The van der Waals surface area contributed by atoms with Gasteiger partial charge in [-0.05, 0) is 217 Å². The van der Waals surface area contributed by atoms with Crippen LogP contribution in [0, 0.1) is 47.4 Å². The van der Waals surface area contributed by atoms with Gasteiger partial charge in [0.2, 0.25) is 0 Å². The Labute approximate surface area is 672 Å². The maximum atomic E-state index is 9.73. The van der Waals surface area contributed by atoms with Gasteiger partial charge in [-0.3, -0.25) is 16.0 Å². The number of hydrogen-bond acceptors (Lipinski definition) is 7. The van der Waals surface area contributed by atoms with Crippen molar-refractivity contribution in [2.24, 2.45) is 0 Å². The molecule has 0 atom stereocenters. The second-order valence-electron chi connectivity index (χ2n) is 30.9. The van der Waals surface area contributed by atoms with Gasteiger partial charge in [-0.2, -0.15) is 0 Å². The van der Waals surface area contributed by atoms with E-state index in [1.54, 1.807) is 21.3 Å². The fourth-order valence-electron chi connectivity index (χ4n) is 19.7. The van der Waals surface area contributed by atoms with E-state index >= 15 is 0 Å². The summed E-state index contributed by atoms with van der Waals surface area (Å²) < 4.78 is 17.0. The number of ether oxygens (including phenoxy) is 3. The average Bonchev–Trinajstić information content (AvgIpc) is 0.664. The van der Waals surface area contributed by atoms with Gasteiger partial charge in [0, 0.05) is 28.7 Å². The van der Waals surface area contributed by atoms with Crippen molar-refractivity contribution >= 4 is 0 Å². The summed E-state index contributed by atoms with van der Waals surface area (Å²) in [5, 5.41) is 21.7. The van der Waals surface area contributed by atoms with E-state index in [0.29, 0.717) is 26.1 Å². The lowest BCUT2D eigenvalue weighted by Crippen LogP contribution is -2.67. The van der Waals surface area contributed by atoms with Crippen molar-refractivity contribution in [3.8, 4) is 64.6 Å². The highest BCUT2D eigenvalue weighted by Crippen LogP contribution is 2.75. The largest absolute Gasteiger partial charge is 0.497 e. The quantitative estimate of drug-likeness (QED) is 0.0375. The summed E-state index contributed by atoms with van der Waals surface area (Å²) in [4.78, 5) is 0. The molecule has 4 bridgehead atoms. The molecule has 17 rings (SSSR count). The molecule has 0 aliphatic heterocycles. The van der Waals surface area contributed by atoms with Crippen molar-refractivity contribution in [2.75, 3.05) is 47.6 Å². The van der Waals surface area contributed by atoms with Gasteiger partial charge in [-0.15, -0.1) is 0 Å². The molecule has 13 aromatic carbocycles. The molecule has 0 aromatic heterocycles. The van der Waals surface area contributed by atoms with Crippen molar-refractivity contribution in [2.45, 2.75) is 83.2 Å². The van der Waals surface area contributed by atoms with Gasteiger partial charge in [-0.25, -0.2) is 0 Å². The van der Waals surface area contributed by atoms with Crippen LogP contribution < -0.4 is 30.2 Å². The number of aliphatic hydroxyl groups is 1. The Balaban J connectivity index is 0.764. The van der Waals surface area contributed by atoms with Crippen LogP contribution in [0.4, 0.5) is 0 Å². The molecule has 0 spiro atoms. The topological polar surface area (TPSA) is 84.0 Å². The second kappa shape index (κ2) is 33.3. The van der Waals surface area contributed by atoms with Crippen LogP contribution in [0.2, 0.25) is 0 Å². The lowest BCUT2D eigenvalue weighted by Gasteiger charge is -2.71. The third-order valence-corrected chi connectivity index (χ3v) is 24.4. The molecule has 560 valence electrons. The molecule has 7 nitrogen and oxygen atoms in total. The van der Waals surface area contributed by atoms with Crippen molar-refractivity contribution in [3.63, 3.8) is 0 Å². The molecule has 4 aliphatic carbocycles. The van der Waals surface area contributed by atoms with Crippen LogP contribution in [0.25, 0.3) is 0 Å². The fourth-order valence-corrected chi connectivity index (χ4v) is 19.7. The van der Waals surface area contributed by atoms with E-state index in [9.17, 15) is 5.11 Å². The number of aliphatic hydroxyl groups excluding tert-OH is 1. The zero-order valence-electron chi connectivity index (χ0n) is 64.9. The van der Waals surface area contributed by atoms with E-state index in [4.69, 9.17) is 14.2 Å². The molecular formula is C107H93N3O4. The average molecular weight is 1480 g/mol. The van der Waals surface area contributed by atoms with Gasteiger partial charge in [0.25, 0.3) is 0 Å². The molecule has 4 fully saturated rings. The van der Waals surface area contributed by atoms with E-state index < -0.39 is 16.6 Å². The maximum Gasteiger partial charge on any atom is 0.118 e. The smallest absolute Gasteiger partial charge is 0.118 e. The monoisotopic (exact) mass is 1480 g/mol. The molecule has 0 saturated heterocycles. The highest BCUT2D eigenvalue weighted by Gasteiger charge is 2.69. The Kier molecular flexibility index (Phi) is 22.0. The molecule has 0 unspecified atom stereocenters. The minimum absolute atomic E-state index is 0.0290. The molecule has 4 saturated carbocycles. The predicted octanol–water partition coefficient (Wildman–Crippen LogP) is 19.7. The SMILES string of the molecule is COc1ccc(C(NCC#Cc2ccc(C34CC5(c6ccc(C#CCCO)cc6)CC(c6ccc(C#CCNC(c7ccccc7)(c7ccccc7)c7ccc(OC)cc7)cc6)(C3)CC(c3ccc(C#CCNC(c6ccccc6)(c6ccccc6)c6ccc(OC)cc6)cc3)(C5)C4)cc2)(c2ccccc2)c2ccccc2)cc1. The minimum Gasteiger partial charge on any atom is -0.497 e. The fraction of sp³-hybridized carbons (Fsp3) is 0.196. The second-order valence-corrected chi connectivity index (χ2v) is 30.9. The predicted molar refractivity (Wildman–Crippen MR) is 461 cm³/mol. The number of benzene rings is 13. The first-order valence-electron chi connectivity index (χ1n) is 39.6. The Bertz CT molecular complexity index is 5040. The molecule has 0 radical (unpaired) electrons. The summed E-state index contributed by atoms with van der Waals surface area (Å²) in [5.74, 6) is 30.7. The van der Waals surface area contributed by atoms with E-state index in [1.165, 1.54) is 22.3 Å². The Morgan fingerprint density at radius 2 is 0.447 bits per heavy atom. The van der Waals surface area contributed by atoms with Crippen molar-refractivity contribution in [1.82, 2.24) is 16.0 Å². The minimum atomic E-state index is -0.700. The highest BCUT2D eigenvalue weighted by molar-refractivity contribution is 5.58. The molecule has 7 heteroatoms. The first kappa shape index (κ1) is 75.4. The number of methoxy groups -OCH3 is 3. The van der Waals surface area contributed by atoms with Gasteiger partial charge in [0.15, 0.2) is 0 Å². The number of rotatable bonds is 23. The summed E-state index contributed by atoms with van der Waals surface area (Å²) in [7, 11) is 5.12. The number of hydrogen-bond donors (Lipinski definition) is 4. The lowest BCUT2D eigenvalue weighted by atomic mass is 9.32. The first-order valence-corrected chi connectivity index (χ1v) is 39.6. The van der Waals surface area contributed by atoms with Crippen LogP contribution in [0.5, 0.6) is 17.2 Å². The van der Waals surface area contributed by atoms with E-state index in [2.05, 4.69) is 379 Å². The highest BCUT2D eigenvalue weighted by atomic mass is 16.5.